The molecule has 142 valence electrons. The van der Waals surface area contributed by atoms with E-state index < -0.39 is 0 Å². The van der Waals surface area contributed by atoms with Gasteiger partial charge in [0.1, 0.15) is 5.75 Å². The topological polar surface area (TPSA) is 77.1 Å². The van der Waals surface area contributed by atoms with Crippen LogP contribution in [0.3, 0.4) is 0 Å². The van der Waals surface area contributed by atoms with Crippen molar-refractivity contribution in [2.45, 2.75) is 6.42 Å². The van der Waals surface area contributed by atoms with Gasteiger partial charge in [-0.2, -0.15) is 10.5 Å². The zero-order valence-corrected chi connectivity index (χ0v) is 17.0. The fourth-order valence-corrected chi connectivity index (χ4v) is 4.76. The monoisotopic (exact) mass is 419 g/mol. The van der Waals surface area contributed by atoms with Crippen molar-refractivity contribution in [1.82, 2.24) is 0 Å². The number of benzene rings is 2. The fourth-order valence-electron chi connectivity index (χ4n) is 3.24. The van der Waals surface area contributed by atoms with E-state index in [0.717, 1.165) is 16.0 Å². The number of nitriles is 2. The zero-order chi connectivity index (χ0) is 20.5. The van der Waals surface area contributed by atoms with E-state index in [0.29, 0.717) is 45.5 Å². The van der Waals surface area contributed by atoms with Gasteiger partial charge in [-0.25, -0.2) is 0 Å². The summed E-state index contributed by atoms with van der Waals surface area (Å²) in [6.45, 7) is 0.507. The van der Waals surface area contributed by atoms with Gasteiger partial charge in [0.25, 0.3) is 5.91 Å². The highest BCUT2D eigenvalue weighted by Crippen LogP contribution is 2.41. The van der Waals surface area contributed by atoms with Gasteiger partial charge in [0, 0.05) is 23.9 Å². The lowest BCUT2D eigenvalue weighted by Gasteiger charge is -2.18. The van der Waals surface area contributed by atoms with Gasteiger partial charge in [-0.05, 0) is 48.0 Å². The Morgan fingerprint density at radius 2 is 1.86 bits per heavy atom. The second kappa shape index (κ2) is 7.60. The Labute approximate surface area is 176 Å². The summed E-state index contributed by atoms with van der Waals surface area (Å²) >= 11 is 7.65. The number of carbonyl (C=O) groups excluding carboxylic acids is 1. The van der Waals surface area contributed by atoms with Crippen molar-refractivity contribution in [3.63, 3.8) is 0 Å². The SMILES string of the molecule is CN(C(=O)c1cc2c(s1)-c1cc(C#N)ccc1OCC2)c1ccc(C#N)cc1Cl. The first-order valence-electron chi connectivity index (χ1n) is 8.79. The van der Waals surface area contributed by atoms with Crippen molar-refractivity contribution < 1.29 is 9.53 Å². The van der Waals surface area contributed by atoms with Crippen molar-refractivity contribution in [3.05, 3.63) is 69.1 Å². The van der Waals surface area contributed by atoms with Crippen LogP contribution in [0.25, 0.3) is 10.4 Å². The second-order valence-corrected chi connectivity index (χ2v) is 7.99. The summed E-state index contributed by atoms with van der Waals surface area (Å²) in [4.78, 5) is 16.1. The first-order valence-corrected chi connectivity index (χ1v) is 9.99. The van der Waals surface area contributed by atoms with Crippen LogP contribution in [0.2, 0.25) is 5.02 Å². The predicted molar refractivity (Wildman–Crippen MR) is 113 cm³/mol. The summed E-state index contributed by atoms with van der Waals surface area (Å²) in [5, 5.41) is 18.6. The molecule has 7 heteroatoms. The van der Waals surface area contributed by atoms with Gasteiger partial charge >= 0.3 is 0 Å². The molecule has 2 aromatic carbocycles. The van der Waals surface area contributed by atoms with Crippen LogP contribution in [0.5, 0.6) is 5.75 Å². The fraction of sp³-hybridized carbons (Fsp3) is 0.136. The van der Waals surface area contributed by atoms with Gasteiger partial charge in [0.15, 0.2) is 0 Å². The van der Waals surface area contributed by atoms with Gasteiger partial charge in [0.2, 0.25) is 0 Å². The number of carbonyl (C=O) groups is 1. The molecule has 1 amide bonds. The Morgan fingerprint density at radius 3 is 2.59 bits per heavy atom. The average Bonchev–Trinajstić information content (AvgIpc) is 3.09. The van der Waals surface area contributed by atoms with Crippen molar-refractivity contribution in [1.29, 1.82) is 10.5 Å². The van der Waals surface area contributed by atoms with Crippen LogP contribution in [-0.4, -0.2) is 19.6 Å². The summed E-state index contributed by atoms with van der Waals surface area (Å²) in [5.74, 6) is 0.528. The Kier molecular flexibility index (Phi) is 4.98. The quantitative estimate of drug-likeness (QED) is 0.584. The molecule has 2 heterocycles. The molecule has 0 spiro atoms. The molecule has 4 rings (SSSR count). The Morgan fingerprint density at radius 1 is 1.14 bits per heavy atom. The van der Waals surface area contributed by atoms with Crippen molar-refractivity contribution in [3.8, 4) is 28.3 Å². The molecule has 0 bridgehead atoms. The third-order valence-corrected chi connectivity index (χ3v) is 6.25. The van der Waals surface area contributed by atoms with Crippen LogP contribution in [0.15, 0.2) is 42.5 Å². The minimum atomic E-state index is -0.186. The maximum atomic E-state index is 13.1. The maximum absolute atomic E-state index is 13.1. The molecule has 0 N–H and O–H groups in total. The highest BCUT2D eigenvalue weighted by atomic mass is 35.5. The van der Waals surface area contributed by atoms with Crippen molar-refractivity contribution in [2.24, 2.45) is 0 Å². The standard InChI is InChI=1S/C22H14ClN3O2S/c1-26(18-4-2-14(12-25)9-17(18)23)22(27)20-10-15-6-7-28-19-5-3-13(11-24)8-16(19)21(15)29-20/h2-5,8-10H,6-7H2,1H3. The number of halogens is 1. The lowest BCUT2D eigenvalue weighted by atomic mass is 10.1. The van der Waals surface area contributed by atoms with E-state index in [1.54, 1.807) is 43.4 Å². The number of hydrogen-bond donors (Lipinski definition) is 0. The second-order valence-electron chi connectivity index (χ2n) is 6.53. The molecule has 0 saturated carbocycles. The van der Waals surface area contributed by atoms with E-state index in [2.05, 4.69) is 6.07 Å². The van der Waals surface area contributed by atoms with E-state index in [1.165, 1.54) is 16.2 Å². The van der Waals surface area contributed by atoms with Gasteiger partial charge in [-0.3, -0.25) is 4.79 Å². The lowest BCUT2D eigenvalue weighted by Crippen LogP contribution is -2.25. The van der Waals surface area contributed by atoms with Crippen LogP contribution < -0.4 is 9.64 Å². The number of ether oxygens (including phenoxy) is 1. The summed E-state index contributed by atoms with van der Waals surface area (Å²) in [7, 11) is 1.66. The Balaban J connectivity index is 1.72. The molecule has 5 nitrogen and oxygen atoms in total. The first kappa shape index (κ1) is 19.0. The molecule has 29 heavy (non-hydrogen) atoms. The lowest BCUT2D eigenvalue weighted by molar-refractivity contribution is 0.0996. The van der Waals surface area contributed by atoms with Crippen molar-refractivity contribution >= 4 is 34.5 Å². The minimum absolute atomic E-state index is 0.186. The van der Waals surface area contributed by atoms with Crippen LogP contribution in [0.4, 0.5) is 5.69 Å². The largest absolute Gasteiger partial charge is 0.493 e. The van der Waals surface area contributed by atoms with Crippen LogP contribution in [0.1, 0.15) is 26.4 Å². The predicted octanol–water partition coefficient (Wildman–Crippen LogP) is 5.02. The Bertz CT molecular complexity index is 1220. The summed E-state index contributed by atoms with van der Waals surface area (Å²) in [6, 6.07) is 16.2. The molecular formula is C22H14ClN3O2S. The number of hydrogen-bond acceptors (Lipinski definition) is 5. The van der Waals surface area contributed by atoms with Gasteiger partial charge < -0.3 is 9.64 Å². The normalized spacial score (nSPS) is 11.9. The number of nitrogens with zero attached hydrogens (tertiary/aromatic N) is 3. The van der Waals surface area contributed by atoms with Gasteiger partial charge in [-0.15, -0.1) is 11.3 Å². The Hall–Kier alpha value is -3.32. The number of anilines is 1. The maximum Gasteiger partial charge on any atom is 0.268 e. The first-order chi connectivity index (χ1) is 14.0. The summed E-state index contributed by atoms with van der Waals surface area (Å²) < 4.78 is 5.80. The molecule has 0 fully saturated rings. The minimum Gasteiger partial charge on any atom is -0.493 e. The zero-order valence-electron chi connectivity index (χ0n) is 15.4. The van der Waals surface area contributed by atoms with Gasteiger partial charge in [0.05, 0.1) is 45.5 Å². The number of rotatable bonds is 2. The van der Waals surface area contributed by atoms with Crippen LogP contribution in [0, 0.1) is 22.7 Å². The number of fused-ring (bicyclic) bond motifs is 3. The molecule has 1 aromatic heterocycles. The van der Waals surface area contributed by atoms with Crippen LogP contribution in [-0.2, 0) is 6.42 Å². The molecule has 3 aromatic rings. The third kappa shape index (κ3) is 3.45. The van der Waals surface area contributed by atoms with E-state index in [-0.39, 0.29) is 5.91 Å². The smallest absolute Gasteiger partial charge is 0.268 e. The summed E-state index contributed by atoms with van der Waals surface area (Å²) in [6.07, 6.45) is 0.678. The molecule has 0 atom stereocenters. The highest BCUT2D eigenvalue weighted by Gasteiger charge is 2.24. The van der Waals surface area contributed by atoms with E-state index in [4.69, 9.17) is 21.6 Å². The van der Waals surface area contributed by atoms with E-state index in [1.807, 2.05) is 12.1 Å². The molecule has 0 saturated heterocycles. The summed E-state index contributed by atoms with van der Waals surface area (Å²) in [5.41, 5.74) is 3.37. The molecule has 0 aliphatic carbocycles. The van der Waals surface area contributed by atoms with Crippen LogP contribution >= 0.6 is 22.9 Å². The van der Waals surface area contributed by atoms with Gasteiger partial charge in [-0.1, -0.05) is 11.6 Å². The molecule has 0 unspecified atom stereocenters. The molecule has 1 aliphatic rings. The van der Waals surface area contributed by atoms with E-state index >= 15 is 0 Å². The molecule has 1 aliphatic heterocycles. The van der Waals surface area contributed by atoms with E-state index in [9.17, 15) is 10.1 Å². The number of amides is 1. The highest BCUT2D eigenvalue weighted by molar-refractivity contribution is 7.17. The third-order valence-electron chi connectivity index (χ3n) is 4.74. The molecule has 0 radical (unpaired) electrons. The molecular weight excluding hydrogens is 406 g/mol. The number of thiophene rings is 1. The van der Waals surface area contributed by atoms with Crippen molar-refractivity contribution in [2.75, 3.05) is 18.6 Å². The average molecular weight is 420 g/mol.